The normalized spacial score (nSPS) is 18.0. The Morgan fingerprint density at radius 1 is 1.26 bits per heavy atom. The van der Waals surface area contributed by atoms with E-state index < -0.39 is 6.17 Å². The number of hydrazone groups is 1. The van der Waals surface area contributed by atoms with Crippen molar-refractivity contribution < 1.29 is 4.79 Å². The van der Waals surface area contributed by atoms with E-state index in [1.807, 2.05) is 40.6 Å². The van der Waals surface area contributed by atoms with Crippen LogP contribution in [0, 0.1) is 0 Å². The van der Waals surface area contributed by atoms with E-state index in [9.17, 15) is 4.79 Å². The highest BCUT2D eigenvalue weighted by atomic mass is 32.1. The second-order valence-electron chi connectivity index (χ2n) is 4.22. The van der Waals surface area contributed by atoms with Crippen molar-refractivity contribution in [2.24, 2.45) is 5.10 Å². The standard InChI is InChI=1S/C14H13N3OS/c18-10-13-16-15-12(9-11-5-2-1-3-6-11)17(13)14-7-4-8-19-14/h1-8,10,13,16H,9H2. The molecule has 3 rings (SSSR count). The summed E-state index contributed by atoms with van der Waals surface area (Å²) in [6.45, 7) is 0. The van der Waals surface area contributed by atoms with Gasteiger partial charge in [-0.1, -0.05) is 30.3 Å². The van der Waals surface area contributed by atoms with Crippen LogP contribution in [0.5, 0.6) is 0 Å². The van der Waals surface area contributed by atoms with Gasteiger partial charge in [0.2, 0.25) is 0 Å². The lowest BCUT2D eigenvalue weighted by atomic mass is 10.1. The number of carbonyl (C=O) groups is 1. The van der Waals surface area contributed by atoms with E-state index in [2.05, 4.69) is 22.7 Å². The van der Waals surface area contributed by atoms with Crippen molar-refractivity contribution in [1.82, 2.24) is 5.43 Å². The number of hydrogen-bond donors (Lipinski definition) is 1. The first-order valence-electron chi connectivity index (χ1n) is 6.02. The molecule has 1 unspecified atom stereocenters. The summed E-state index contributed by atoms with van der Waals surface area (Å²) in [5.41, 5.74) is 4.04. The molecule has 0 saturated heterocycles. The first kappa shape index (κ1) is 11.9. The van der Waals surface area contributed by atoms with Crippen LogP contribution in [-0.4, -0.2) is 18.3 Å². The van der Waals surface area contributed by atoms with E-state index in [4.69, 9.17) is 0 Å². The molecule has 0 amide bonds. The number of amidine groups is 1. The van der Waals surface area contributed by atoms with Gasteiger partial charge < -0.3 is 0 Å². The maximum absolute atomic E-state index is 11.1. The molecule has 1 N–H and O–H groups in total. The van der Waals surface area contributed by atoms with Gasteiger partial charge in [0.05, 0.1) is 5.00 Å². The maximum atomic E-state index is 11.1. The molecule has 0 spiro atoms. The molecule has 0 radical (unpaired) electrons. The Labute approximate surface area is 115 Å². The molecule has 1 aromatic carbocycles. The summed E-state index contributed by atoms with van der Waals surface area (Å²) in [5, 5.41) is 7.31. The van der Waals surface area contributed by atoms with Crippen LogP contribution in [0.1, 0.15) is 5.56 Å². The van der Waals surface area contributed by atoms with Crippen LogP contribution in [0.2, 0.25) is 0 Å². The molecule has 5 heteroatoms. The SMILES string of the molecule is O=CC1NN=C(Cc2ccccc2)N1c1cccs1. The number of aldehydes is 1. The number of nitrogens with zero attached hydrogens (tertiary/aromatic N) is 2. The third-order valence-electron chi connectivity index (χ3n) is 2.96. The minimum Gasteiger partial charge on any atom is -0.299 e. The average Bonchev–Trinajstić information content (AvgIpc) is 3.08. The fourth-order valence-corrected chi connectivity index (χ4v) is 2.86. The van der Waals surface area contributed by atoms with Crippen LogP contribution >= 0.6 is 11.3 Å². The lowest BCUT2D eigenvalue weighted by molar-refractivity contribution is -0.109. The molecule has 1 aromatic heterocycles. The summed E-state index contributed by atoms with van der Waals surface area (Å²) in [7, 11) is 0. The van der Waals surface area contributed by atoms with Crippen LogP contribution in [0.3, 0.4) is 0 Å². The Morgan fingerprint density at radius 2 is 2.11 bits per heavy atom. The van der Waals surface area contributed by atoms with Gasteiger partial charge in [0, 0.05) is 6.42 Å². The molecule has 1 atom stereocenters. The summed E-state index contributed by atoms with van der Waals surface area (Å²) >= 11 is 1.60. The number of thiophene rings is 1. The summed E-state index contributed by atoms with van der Waals surface area (Å²) in [6, 6.07) is 14.1. The van der Waals surface area contributed by atoms with Crippen molar-refractivity contribution in [3.05, 3.63) is 53.4 Å². The van der Waals surface area contributed by atoms with E-state index >= 15 is 0 Å². The summed E-state index contributed by atoms with van der Waals surface area (Å²) < 4.78 is 0. The quantitative estimate of drug-likeness (QED) is 0.867. The number of nitrogens with one attached hydrogen (secondary N) is 1. The molecule has 1 aliphatic rings. The van der Waals surface area contributed by atoms with Gasteiger partial charge in [0.25, 0.3) is 0 Å². The van der Waals surface area contributed by atoms with Crippen LogP contribution in [0.15, 0.2) is 52.9 Å². The molecule has 0 fully saturated rings. The van der Waals surface area contributed by atoms with Gasteiger partial charge in [-0.25, -0.2) is 0 Å². The molecule has 96 valence electrons. The fourth-order valence-electron chi connectivity index (χ4n) is 2.08. The van der Waals surface area contributed by atoms with Gasteiger partial charge in [0.1, 0.15) is 5.84 Å². The molecule has 0 bridgehead atoms. The van der Waals surface area contributed by atoms with Gasteiger partial charge in [-0.3, -0.25) is 15.1 Å². The fraction of sp³-hybridized carbons (Fsp3) is 0.143. The molecule has 1 aliphatic heterocycles. The second kappa shape index (κ2) is 5.24. The molecule has 2 heterocycles. The van der Waals surface area contributed by atoms with Gasteiger partial charge in [-0.2, -0.15) is 5.10 Å². The van der Waals surface area contributed by atoms with E-state index in [0.29, 0.717) is 6.42 Å². The van der Waals surface area contributed by atoms with Crippen LogP contribution < -0.4 is 10.3 Å². The number of anilines is 1. The van der Waals surface area contributed by atoms with E-state index in [-0.39, 0.29) is 0 Å². The zero-order valence-electron chi connectivity index (χ0n) is 10.2. The zero-order valence-corrected chi connectivity index (χ0v) is 11.0. The number of benzene rings is 1. The maximum Gasteiger partial charge on any atom is 0.177 e. The first-order valence-corrected chi connectivity index (χ1v) is 6.90. The first-order chi connectivity index (χ1) is 9.38. The number of carbonyl (C=O) groups excluding carboxylic acids is 1. The van der Waals surface area contributed by atoms with Crippen LogP contribution in [-0.2, 0) is 11.2 Å². The van der Waals surface area contributed by atoms with E-state index in [0.717, 1.165) is 17.1 Å². The second-order valence-corrected chi connectivity index (χ2v) is 5.15. The molecule has 0 aliphatic carbocycles. The van der Waals surface area contributed by atoms with Crippen molar-refractivity contribution in [2.45, 2.75) is 12.6 Å². The van der Waals surface area contributed by atoms with Crippen LogP contribution in [0.25, 0.3) is 0 Å². The third kappa shape index (κ3) is 2.37. The Kier molecular flexibility index (Phi) is 3.29. The zero-order chi connectivity index (χ0) is 13.1. The van der Waals surface area contributed by atoms with Crippen LogP contribution in [0.4, 0.5) is 5.00 Å². The minimum atomic E-state index is -0.405. The lowest BCUT2D eigenvalue weighted by Gasteiger charge is -2.21. The summed E-state index contributed by atoms with van der Waals surface area (Å²) in [4.78, 5) is 13.1. The van der Waals surface area contributed by atoms with Crippen molar-refractivity contribution >= 4 is 28.5 Å². The van der Waals surface area contributed by atoms with Crippen molar-refractivity contribution in [2.75, 3.05) is 4.90 Å². The predicted molar refractivity (Wildman–Crippen MR) is 77.4 cm³/mol. The third-order valence-corrected chi connectivity index (χ3v) is 3.83. The summed E-state index contributed by atoms with van der Waals surface area (Å²) in [6.07, 6.45) is 1.18. The van der Waals surface area contributed by atoms with Crippen molar-refractivity contribution in [1.29, 1.82) is 0 Å². The molecular weight excluding hydrogens is 258 g/mol. The summed E-state index contributed by atoms with van der Waals surface area (Å²) in [5.74, 6) is 0.866. The molecule has 2 aromatic rings. The highest BCUT2D eigenvalue weighted by Crippen LogP contribution is 2.26. The van der Waals surface area contributed by atoms with Gasteiger partial charge in [-0.05, 0) is 23.1 Å². The Morgan fingerprint density at radius 3 is 2.79 bits per heavy atom. The highest BCUT2D eigenvalue weighted by Gasteiger charge is 2.29. The average molecular weight is 271 g/mol. The lowest BCUT2D eigenvalue weighted by Crippen LogP contribution is -2.41. The van der Waals surface area contributed by atoms with Gasteiger partial charge >= 0.3 is 0 Å². The molecule has 4 nitrogen and oxygen atoms in total. The molecular formula is C14H13N3OS. The monoisotopic (exact) mass is 271 g/mol. The molecule has 19 heavy (non-hydrogen) atoms. The van der Waals surface area contributed by atoms with Gasteiger partial charge in [-0.15, -0.1) is 11.3 Å². The van der Waals surface area contributed by atoms with E-state index in [1.54, 1.807) is 11.3 Å². The smallest absolute Gasteiger partial charge is 0.177 e. The number of rotatable bonds is 4. The van der Waals surface area contributed by atoms with Crippen molar-refractivity contribution in [3.63, 3.8) is 0 Å². The Bertz CT molecular complexity index is 580. The Hall–Kier alpha value is -2.14. The highest BCUT2D eigenvalue weighted by molar-refractivity contribution is 7.14. The Balaban J connectivity index is 1.86. The van der Waals surface area contributed by atoms with E-state index in [1.165, 1.54) is 5.56 Å². The van der Waals surface area contributed by atoms with Gasteiger partial charge in [0.15, 0.2) is 12.5 Å². The minimum absolute atomic E-state index is 0.405. The molecule has 0 saturated carbocycles. The number of hydrogen-bond acceptors (Lipinski definition) is 5. The van der Waals surface area contributed by atoms with Crippen molar-refractivity contribution in [3.8, 4) is 0 Å². The largest absolute Gasteiger partial charge is 0.299 e. The topological polar surface area (TPSA) is 44.7 Å². The predicted octanol–water partition coefficient (Wildman–Crippen LogP) is 2.24.